The third-order valence-electron chi connectivity index (χ3n) is 3.26. The largest absolute Gasteiger partial charge is 0.489 e. The van der Waals surface area contributed by atoms with Crippen molar-refractivity contribution in [1.82, 2.24) is 0 Å². The number of ether oxygens (including phenoxy) is 1. The molecule has 0 fully saturated rings. The highest BCUT2D eigenvalue weighted by Crippen LogP contribution is 2.26. The van der Waals surface area contributed by atoms with Gasteiger partial charge in [-0.05, 0) is 36.6 Å². The van der Waals surface area contributed by atoms with Crippen molar-refractivity contribution < 1.29 is 4.74 Å². The number of nitrogens with two attached hydrogens (primary N) is 1. The normalized spacial score (nSPS) is 10.3. The third-order valence-corrected chi connectivity index (χ3v) is 3.26. The molecule has 0 radical (unpaired) electrons. The minimum atomic E-state index is 0.518. The zero-order chi connectivity index (χ0) is 14.5. The van der Waals surface area contributed by atoms with E-state index < -0.39 is 0 Å². The molecule has 0 aliphatic rings. The van der Waals surface area contributed by atoms with Gasteiger partial charge in [0, 0.05) is 17.0 Å². The van der Waals surface area contributed by atoms with Gasteiger partial charge in [-0.1, -0.05) is 37.3 Å². The van der Waals surface area contributed by atoms with Gasteiger partial charge < -0.3 is 15.9 Å². The summed E-state index contributed by atoms with van der Waals surface area (Å²) in [6, 6.07) is 13.8. The van der Waals surface area contributed by atoms with Crippen LogP contribution in [0.15, 0.2) is 42.5 Å². The summed E-state index contributed by atoms with van der Waals surface area (Å²) in [6.45, 7) is 4.44. The van der Waals surface area contributed by atoms with Crippen LogP contribution in [0.4, 0.5) is 5.69 Å². The quantitative estimate of drug-likeness (QED) is 0.637. The number of aryl methyl sites for hydroxylation is 1. The van der Waals surface area contributed by atoms with Gasteiger partial charge in [0.25, 0.3) is 0 Å². The predicted molar refractivity (Wildman–Crippen MR) is 83.5 cm³/mol. The molecule has 0 heterocycles. The van der Waals surface area contributed by atoms with Crippen molar-refractivity contribution in [2.45, 2.75) is 26.9 Å². The van der Waals surface area contributed by atoms with Crippen LogP contribution in [0, 0.1) is 12.3 Å². The van der Waals surface area contributed by atoms with Crippen LogP contribution in [-0.2, 0) is 6.61 Å². The molecule has 0 saturated carbocycles. The standard InChI is InChI=1S/C17H20N2O/c1-3-15(18)14-10-17(12(2)9-16(14)19)20-11-13-7-5-4-6-8-13/h4-10,18H,3,11,19H2,1-2H3. The van der Waals surface area contributed by atoms with Crippen molar-refractivity contribution in [3.05, 3.63) is 59.2 Å². The maximum absolute atomic E-state index is 7.95. The number of rotatable bonds is 5. The fourth-order valence-corrected chi connectivity index (χ4v) is 2.05. The van der Waals surface area contributed by atoms with Crippen molar-refractivity contribution in [2.24, 2.45) is 0 Å². The van der Waals surface area contributed by atoms with Gasteiger partial charge in [0.1, 0.15) is 12.4 Å². The third kappa shape index (κ3) is 3.18. The van der Waals surface area contributed by atoms with Crippen LogP contribution in [-0.4, -0.2) is 5.71 Å². The molecule has 3 heteroatoms. The second-order valence-electron chi connectivity index (χ2n) is 4.81. The Kier molecular flexibility index (Phi) is 4.41. The van der Waals surface area contributed by atoms with Crippen LogP contribution in [0.1, 0.15) is 30.0 Å². The average molecular weight is 268 g/mol. The van der Waals surface area contributed by atoms with E-state index in [9.17, 15) is 0 Å². The lowest BCUT2D eigenvalue weighted by molar-refractivity contribution is 0.304. The van der Waals surface area contributed by atoms with Gasteiger partial charge in [0.05, 0.1) is 0 Å². The minimum absolute atomic E-state index is 0.518. The van der Waals surface area contributed by atoms with E-state index in [1.54, 1.807) is 0 Å². The van der Waals surface area contributed by atoms with E-state index in [-0.39, 0.29) is 0 Å². The molecule has 0 unspecified atom stereocenters. The number of hydrogen-bond donors (Lipinski definition) is 2. The van der Waals surface area contributed by atoms with Gasteiger partial charge in [-0.25, -0.2) is 0 Å². The second kappa shape index (κ2) is 6.24. The Balaban J connectivity index is 2.21. The molecule has 0 atom stereocenters. The lowest BCUT2D eigenvalue weighted by atomic mass is 10.0. The Labute approximate surface area is 119 Å². The molecule has 2 aromatic carbocycles. The number of benzene rings is 2. The molecule has 3 N–H and O–H groups in total. The summed E-state index contributed by atoms with van der Waals surface area (Å²) in [4.78, 5) is 0. The second-order valence-corrected chi connectivity index (χ2v) is 4.81. The molecule has 0 saturated heterocycles. The highest BCUT2D eigenvalue weighted by Gasteiger charge is 2.09. The van der Waals surface area contributed by atoms with E-state index >= 15 is 0 Å². The topological polar surface area (TPSA) is 59.1 Å². The fourth-order valence-electron chi connectivity index (χ4n) is 2.05. The first-order valence-corrected chi connectivity index (χ1v) is 6.76. The molecule has 0 aliphatic heterocycles. The Bertz CT molecular complexity index is 606. The average Bonchev–Trinajstić information content (AvgIpc) is 2.46. The van der Waals surface area contributed by atoms with Crippen molar-refractivity contribution in [2.75, 3.05) is 5.73 Å². The lowest BCUT2D eigenvalue weighted by Gasteiger charge is -2.13. The smallest absolute Gasteiger partial charge is 0.123 e. The van der Waals surface area contributed by atoms with E-state index in [4.69, 9.17) is 15.9 Å². The molecule has 2 aromatic rings. The molecule has 3 nitrogen and oxygen atoms in total. The molecule has 0 aliphatic carbocycles. The van der Waals surface area contributed by atoms with Gasteiger partial charge in [-0.2, -0.15) is 0 Å². The van der Waals surface area contributed by atoms with Crippen molar-refractivity contribution in [3.8, 4) is 5.75 Å². The van der Waals surface area contributed by atoms with Crippen LogP contribution in [0.2, 0.25) is 0 Å². The summed E-state index contributed by atoms with van der Waals surface area (Å²) in [5.41, 5.74) is 10.0. The molecule has 2 rings (SSSR count). The van der Waals surface area contributed by atoms with Crippen LogP contribution < -0.4 is 10.5 Å². The number of hydrogen-bond acceptors (Lipinski definition) is 3. The summed E-state index contributed by atoms with van der Waals surface area (Å²) >= 11 is 0. The maximum atomic E-state index is 7.95. The van der Waals surface area contributed by atoms with Crippen molar-refractivity contribution in [3.63, 3.8) is 0 Å². The molecule has 0 bridgehead atoms. The highest BCUT2D eigenvalue weighted by atomic mass is 16.5. The summed E-state index contributed by atoms with van der Waals surface area (Å²) in [6.07, 6.45) is 0.658. The first kappa shape index (κ1) is 14.1. The zero-order valence-corrected chi connectivity index (χ0v) is 11.9. The van der Waals surface area contributed by atoms with Crippen LogP contribution >= 0.6 is 0 Å². The Hall–Kier alpha value is -2.29. The summed E-state index contributed by atoms with van der Waals surface area (Å²) in [5, 5.41) is 7.95. The van der Waals surface area contributed by atoms with E-state index in [0.29, 0.717) is 24.4 Å². The lowest BCUT2D eigenvalue weighted by Crippen LogP contribution is -2.05. The summed E-state index contributed by atoms with van der Waals surface area (Å²) in [7, 11) is 0. The Morgan fingerprint density at radius 2 is 1.90 bits per heavy atom. The van der Waals surface area contributed by atoms with E-state index in [2.05, 4.69) is 0 Å². The number of nitrogens with one attached hydrogen (secondary N) is 1. The molecule has 0 amide bonds. The molecule has 0 aromatic heterocycles. The van der Waals surface area contributed by atoms with Gasteiger partial charge >= 0.3 is 0 Å². The zero-order valence-electron chi connectivity index (χ0n) is 11.9. The molecule has 104 valence electrons. The van der Waals surface area contributed by atoms with E-state index in [1.807, 2.05) is 56.3 Å². The van der Waals surface area contributed by atoms with Crippen molar-refractivity contribution in [1.29, 1.82) is 5.41 Å². The fraction of sp³-hybridized carbons (Fsp3) is 0.235. The van der Waals surface area contributed by atoms with Crippen molar-refractivity contribution >= 4 is 11.4 Å². The molecule has 20 heavy (non-hydrogen) atoms. The predicted octanol–water partition coefficient (Wildman–Crippen LogP) is 3.93. The number of anilines is 1. The maximum Gasteiger partial charge on any atom is 0.123 e. The first-order valence-electron chi connectivity index (χ1n) is 6.76. The van der Waals surface area contributed by atoms with Gasteiger partial charge in [-0.15, -0.1) is 0 Å². The SMILES string of the molecule is CCC(=N)c1cc(OCc2ccccc2)c(C)cc1N. The minimum Gasteiger partial charge on any atom is -0.489 e. The molecular formula is C17H20N2O. The highest BCUT2D eigenvalue weighted by molar-refractivity contribution is 6.02. The Morgan fingerprint density at radius 1 is 1.20 bits per heavy atom. The molecular weight excluding hydrogens is 248 g/mol. The first-order chi connectivity index (χ1) is 9.61. The van der Waals surface area contributed by atoms with Crippen LogP contribution in [0.5, 0.6) is 5.75 Å². The van der Waals surface area contributed by atoms with E-state index in [1.165, 1.54) is 0 Å². The summed E-state index contributed by atoms with van der Waals surface area (Å²) in [5.74, 6) is 0.788. The van der Waals surface area contributed by atoms with Crippen LogP contribution in [0.3, 0.4) is 0 Å². The monoisotopic (exact) mass is 268 g/mol. The molecule has 0 spiro atoms. The van der Waals surface area contributed by atoms with E-state index in [0.717, 1.165) is 22.4 Å². The van der Waals surface area contributed by atoms with Crippen LogP contribution in [0.25, 0.3) is 0 Å². The summed E-state index contributed by atoms with van der Waals surface area (Å²) < 4.78 is 5.86. The van der Waals surface area contributed by atoms with Gasteiger partial charge in [-0.3, -0.25) is 0 Å². The Morgan fingerprint density at radius 3 is 2.55 bits per heavy atom. The number of nitrogen functional groups attached to an aromatic ring is 1. The van der Waals surface area contributed by atoms with Gasteiger partial charge in [0.2, 0.25) is 0 Å². The van der Waals surface area contributed by atoms with Gasteiger partial charge in [0.15, 0.2) is 0 Å².